The molecule has 1 heterocycles. The minimum atomic E-state index is -0.585. The Morgan fingerprint density at radius 1 is 1.33 bits per heavy atom. The van der Waals surface area contributed by atoms with E-state index in [2.05, 4.69) is 5.43 Å². The number of hydrogen-bond donors (Lipinski definition) is 1. The molecule has 0 bridgehead atoms. The summed E-state index contributed by atoms with van der Waals surface area (Å²) >= 11 is 0. The van der Waals surface area contributed by atoms with Crippen molar-refractivity contribution in [1.82, 2.24) is 5.01 Å². The van der Waals surface area contributed by atoms with Crippen molar-refractivity contribution in [3.63, 3.8) is 0 Å². The van der Waals surface area contributed by atoms with Gasteiger partial charge in [0.05, 0.1) is 5.69 Å². The lowest BCUT2D eigenvalue weighted by Gasteiger charge is -2.31. The Labute approximate surface area is 106 Å². The van der Waals surface area contributed by atoms with Gasteiger partial charge in [-0.1, -0.05) is 12.1 Å². The summed E-state index contributed by atoms with van der Waals surface area (Å²) in [6.07, 6.45) is -0.551. The topological polar surface area (TPSA) is 58.6 Å². The highest BCUT2D eigenvalue weighted by Gasteiger charge is 2.29. The van der Waals surface area contributed by atoms with E-state index in [0.29, 0.717) is 11.3 Å². The summed E-state index contributed by atoms with van der Waals surface area (Å²) in [5, 5.41) is 1.19. The maximum atomic E-state index is 11.9. The first-order chi connectivity index (χ1) is 8.37. The molecule has 0 aromatic heterocycles. The number of para-hydroxylation sites is 1. The van der Waals surface area contributed by atoms with Gasteiger partial charge in [-0.25, -0.2) is 9.80 Å². The van der Waals surface area contributed by atoms with Gasteiger partial charge in [-0.3, -0.25) is 10.2 Å². The number of nitrogens with one attached hydrogen (secondary N) is 1. The molecule has 5 nitrogen and oxygen atoms in total. The van der Waals surface area contributed by atoms with Crippen LogP contribution in [0.4, 0.5) is 10.5 Å². The van der Waals surface area contributed by atoms with Gasteiger partial charge in [0, 0.05) is 5.56 Å². The smallest absolute Gasteiger partial charge is 0.429 e. The van der Waals surface area contributed by atoms with Crippen molar-refractivity contribution in [2.45, 2.75) is 26.4 Å². The van der Waals surface area contributed by atoms with Crippen LogP contribution in [0.5, 0.6) is 0 Å². The fraction of sp³-hybridized carbons (Fsp3) is 0.385. The highest BCUT2D eigenvalue weighted by Crippen LogP contribution is 2.22. The number of fused-ring (bicyclic) bond motifs is 1. The van der Waals surface area contributed by atoms with E-state index in [9.17, 15) is 9.59 Å². The molecule has 18 heavy (non-hydrogen) atoms. The zero-order valence-electron chi connectivity index (χ0n) is 10.7. The molecule has 0 atom stereocenters. The van der Waals surface area contributed by atoms with Crippen molar-refractivity contribution < 1.29 is 14.3 Å². The molecule has 0 spiro atoms. The Morgan fingerprint density at radius 3 is 2.67 bits per heavy atom. The minimum Gasteiger partial charge on any atom is -0.442 e. The number of benzene rings is 1. The highest BCUT2D eigenvalue weighted by atomic mass is 16.6. The zero-order valence-corrected chi connectivity index (χ0v) is 10.7. The van der Waals surface area contributed by atoms with Crippen molar-refractivity contribution in [2.24, 2.45) is 0 Å². The van der Waals surface area contributed by atoms with Crippen LogP contribution in [0, 0.1) is 0 Å². The predicted molar refractivity (Wildman–Crippen MR) is 67.3 cm³/mol. The monoisotopic (exact) mass is 248 g/mol. The SMILES string of the molecule is CC(C)(C)OC(=O)N1CC(=O)c2ccccc2N1. The molecule has 1 aliphatic heterocycles. The lowest BCUT2D eigenvalue weighted by Crippen LogP contribution is -2.46. The average Bonchev–Trinajstić information content (AvgIpc) is 2.26. The Morgan fingerprint density at radius 2 is 2.00 bits per heavy atom. The number of rotatable bonds is 0. The van der Waals surface area contributed by atoms with Crippen LogP contribution >= 0.6 is 0 Å². The number of amides is 1. The summed E-state index contributed by atoms with van der Waals surface area (Å²) < 4.78 is 5.21. The zero-order chi connectivity index (χ0) is 13.3. The van der Waals surface area contributed by atoms with Gasteiger partial charge in [0.15, 0.2) is 5.78 Å². The van der Waals surface area contributed by atoms with E-state index >= 15 is 0 Å². The Hall–Kier alpha value is -2.04. The second-order valence-electron chi connectivity index (χ2n) is 5.15. The number of anilines is 1. The van der Waals surface area contributed by atoms with Crippen LogP contribution < -0.4 is 5.43 Å². The third-order valence-electron chi connectivity index (χ3n) is 2.40. The molecule has 96 valence electrons. The molecule has 1 aromatic rings. The number of hydrogen-bond acceptors (Lipinski definition) is 4. The second-order valence-corrected chi connectivity index (χ2v) is 5.15. The number of carbonyl (C=O) groups excluding carboxylic acids is 2. The van der Waals surface area contributed by atoms with E-state index in [4.69, 9.17) is 4.74 Å². The Bertz CT molecular complexity index is 491. The quantitative estimate of drug-likeness (QED) is 0.766. The number of ketones is 1. The van der Waals surface area contributed by atoms with E-state index < -0.39 is 11.7 Å². The van der Waals surface area contributed by atoms with Gasteiger partial charge < -0.3 is 4.74 Å². The van der Waals surface area contributed by atoms with Crippen LogP contribution in [-0.4, -0.2) is 29.0 Å². The highest BCUT2D eigenvalue weighted by molar-refractivity contribution is 6.05. The third-order valence-corrected chi connectivity index (χ3v) is 2.40. The molecule has 0 radical (unpaired) electrons. The first-order valence-corrected chi connectivity index (χ1v) is 5.76. The Kier molecular flexibility index (Phi) is 2.98. The van der Waals surface area contributed by atoms with Gasteiger partial charge >= 0.3 is 6.09 Å². The maximum Gasteiger partial charge on any atom is 0.429 e. The van der Waals surface area contributed by atoms with Crippen molar-refractivity contribution in [2.75, 3.05) is 12.0 Å². The lowest BCUT2D eigenvalue weighted by molar-refractivity contribution is 0.0286. The summed E-state index contributed by atoms with van der Waals surface area (Å²) in [7, 11) is 0. The molecule has 1 aromatic carbocycles. The normalized spacial score (nSPS) is 14.8. The van der Waals surface area contributed by atoms with Crippen LogP contribution in [0.25, 0.3) is 0 Å². The second kappa shape index (κ2) is 4.33. The molecule has 0 saturated carbocycles. The molecule has 1 aliphatic rings. The van der Waals surface area contributed by atoms with Crippen LogP contribution in [0.15, 0.2) is 24.3 Å². The minimum absolute atomic E-state index is 0.0219. The summed E-state index contributed by atoms with van der Waals surface area (Å²) in [5.41, 5.74) is 3.52. The first-order valence-electron chi connectivity index (χ1n) is 5.76. The first kappa shape index (κ1) is 12.4. The summed E-state index contributed by atoms with van der Waals surface area (Å²) in [6.45, 7) is 5.33. The lowest BCUT2D eigenvalue weighted by atomic mass is 10.1. The van der Waals surface area contributed by atoms with Crippen molar-refractivity contribution in [3.8, 4) is 0 Å². The van der Waals surface area contributed by atoms with E-state index in [1.807, 2.05) is 0 Å². The van der Waals surface area contributed by atoms with E-state index in [-0.39, 0.29) is 12.3 Å². The van der Waals surface area contributed by atoms with Crippen LogP contribution in [0.1, 0.15) is 31.1 Å². The standard InChI is InChI=1S/C13H16N2O3/c1-13(2,3)18-12(17)15-8-11(16)9-6-4-5-7-10(9)14-15/h4-7,14H,8H2,1-3H3. The number of carbonyl (C=O) groups is 2. The molecule has 2 rings (SSSR count). The Balaban J connectivity index is 2.16. The number of hydrazine groups is 1. The summed E-state index contributed by atoms with van der Waals surface area (Å²) in [4.78, 5) is 23.7. The molecule has 0 saturated heterocycles. The fourth-order valence-corrected chi connectivity index (χ4v) is 1.66. The van der Waals surface area contributed by atoms with Gasteiger partial charge in [-0.15, -0.1) is 0 Å². The van der Waals surface area contributed by atoms with Gasteiger partial charge in [0.2, 0.25) is 0 Å². The van der Waals surface area contributed by atoms with Crippen LogP contribution in [0.2, 0.25) is 0 Å². The third kappa shape index (κ3) is 2.61. The molecule has 0 unspecified atom stereocenters. The van der Waals surface area contributed by atoms with Gasteiger partial charge in [0.25, 0.3) is 0 Å². The number of ether oxygens (including phenoxy) is 1. The molecular formula is C13H16N2O3. The largest absolute Gasteiger partial charge is 0.442 e. The molecule has 0 aliphatic carbocycles. The summed E-state index contributed by atoms with van der Waals surface area (Å²) in [6, 6.07) is 7.08. The van der Waals surface area contributed by atoms with Gasteiger partial charge in [0.1, 0.15) is 12.1 Å². The van der Waals surface area contributed by atoms with Crippen molar-refractivity contribution in [3.05, 3.63) is 29.8 Å². The van der Waals surface area contributed by atoms with Crippen LogP contribution in [-0.2, 0) is 4.74 Å². The molecule has 5 heteroatoms. The van der Waals surface area contributed by atoms with E-state index in [1.54, 1.807) is 45.0 Å². The van der Waals surface area contributed by atoms with E-state index in [1.165, 1.54) is 5.01 Å². The molecular weight excluding hydrogens is 232 g/mol. The molecule has 1 N–H and O–H groups in total. The number of Topliss-reactive ketones (excluding diaryl/α,β-unsaturated/α-hetero) is 1. The van der Waals surface area contributed by atoms with Crippen molar-refractivity contribution in [1.29, 1.82) is 0 Å². The fourth-order valence-electron chi connectivity index (χ4n) is 1.66. The van der Waals surface area contributed by atoms with Gasteiger partial charge in [-0.2, -0.15) is 0 Å². The summed E-state index contributed by atoms with van der Waals surface area (Å²) in [5.74, 6) is -0.102. The van der Waals surface area contributed by atoms with E-state index in [0.717, 1.165) is 0 Å². The van der Waals surface area contributed by atoms with Crippen molar-refractivity contribution >= 4 is 17.6 Å². The number of nitrogens with zero attached hydrogens (tertiary/aromatic N) is 1. The maximum absolute atomic E-state index is 11.9. The van der Waals surface area contributed by atoms with Gasteiger partial charge in [-0.05, 0) is 32.9 Å². The average molecular weight is 248 g/mol. The van der Waals surface area contributed by atoms with Crippen LogP contribution in [0.3, 0.4) is 0 Å². The molecule has 1 amide bonds. The predicted octanol–water partition coefficient (Wildman–Crippen LogP) is 2.45. The molecule has 0 fully saturated rings.